The van der Waals surface area contributed by atoms with Crippen molar-refractivity contribution in [1.29, 1.82) is 0 Å². The van der Waals surface area contributed by atoms with Crippen molar-refractivity contribution in [2.24, 2.45) is 0 Å². The van der Waals surface area contributed by atoms with Gasteiger partial charge >= 0.3 is 0 Å². The van der Waals surface area contributed by atoms with E-state index in [4.69, 9.17) is 4.74 Å². The zero-order valence-corrected chi connectivity index (χ0v) is 14.1. The van der Waals surface area contributed by atoms with Gasteiger partial charge in [0, 0.05) is 17.2 Å². The fourth-order valence-electron chi connectivity index (χ4n) is 2.77. The second kappa shape index (κ2) is 7.20. The van der Waals surface area contributed by atoms with Crippen LogP contribution in [0.15, 0.2) is 59.6 Å². The smallest absolute Gasteiger partial charge is 0.133 e. The van der Waals surface area contributed by atoms with Gasteiger partial charge in [0.1, 0.15) is 11.9 Å². The summed E-state index contributed by atoms with van der Waals surface area (Å²) < 4.78 is 6.05. The van der Waals surface area contributed by atoms with E-state index >= 15 is 0 Å². The SMILES string of the molecule is c1ccc2c(c1)OC(CCNCc1cnc3ccccc3n1)CS2. The molecule has 2 heterocycles. The van der Waals surface area contributed by atoms with Crippen LogP contribution in [0.1, 0.15) is 12.1 Å². The third kappa shape index (κ3) is 3.52. The van der Waals surface area contributed by atoms with Crippen LogP contribution in [0, 0.1) is 0 Å². The first-order valence-corrected chi connectivity index (χ1v) is 9.17. The first-order chi connectivity index (χ1) is 11.9. The monoisotopic (exact) mass is 337 g/mol. The van der Waals surface area contributed by atoms with Crippen LogP contribution in [0.4, 0.5) is 0 Å². The van der Waals surface area contributed by atoms with E-state index in [1.807, 2.05) is 54.4 Å². The Labute approximate surface area is 145 Å². The molecule has 0 saturated heterocycles. The summed E-state index contributed by atoms with van der Waals surface area (Å²) in [6, 6.07) is 16.2. The Balaban J connectivity index is 1.27. The predicted molar refractivity (Wildman–Crippen MR) is 97.4 cm³/mol. The van der Waals surface area contributed by atoms with Gasteiger partial charge in [0.25, 0.3) is 0 Å². The summed E-state index contributed by atoms with van der Waals surface area (Å²) in [6.45, 7) is 1.64. The number of thioether (sulfide) groups is 1. The van der Waals surface area contributed by atoms with Gasteiger partial charge in [0.05, 0.1) is 22.9 Å². The van der Waals surface area contributed by atoms with E-state index in [-0.39, 0.29) is 6.10 Å². The lowest BCUT2D eigenvalue weighted by Gasteiger charge is -2.25. The van der Waals surface area contributed by atoms with Crippen LogP contribution in [0.2, 0.25) is 0 Å². The van der Waals surface area contributed by atoms with Crippen LogP contribution in [0.5, 0.6) is 5.75 Å². The van der Waals surface area contributed by atoms with Gasteiger partial charge in [-0.05, 0) is 37.2 Å². The number of aromatic nitrogens is 2. The maximum Gasteiger partial charge on any atom is 0.133 e. The highest BCUT2D eigenvalue weighted by Gasteiger charge is 2.19. The minimum atomic E-state index is 0.264. The molecule has 5 heteroatoms. The molecule has 1 unspecified atom stereocenters. The Morgan fingerprint density at radius 2 is 1.92 bits per heavy atom. The summed E-state index contributed by atoms with van der Waals surface area (Å²) >= 11 is 1.88. The summed E-state index contributed by atoms with van der Waals surface area (Å²) in [5.74, 6) is 2.02. The lowest BCUT2D eigenvalue weighted by Crippen LogP contribution is -2.28. The third-order valence-corrected chi connectivity index (χ3v) is 5.20. The van der Waals surface area contributed by atoms with Gasteiger partial charge in [-0.1, -0.05) is 24.3 Å². The molecule has 3 aromatic rings. The number of benzene rings is 2. The summed E-state index contributed by atoms with van der Waals surface area (Å²) in [7, 11) is 0. The highest BCUT2D eigenvalue weighted by atomic mass is 32.2. The molecule has 0 spiro atoms. The third-order valence-electron chi connectivity index (χ3n) is 4.02. The number of hydrogen-bond acceptors (Lipinski definition) is 5. The largest absolute Gasteiger partial charge is 0.488 e. The van der Waals surface area contributed by atoms with Crippen molar-refractivity contribution in [3.63, 3.8) is 0 Å². The number of para-hydroxylation sites is 3. The van der Waals surface area contributed by atoms with Crippen molar-refractivity contribution < 1.29 is 4.74 Å². The van der Waals surface area contributed by atoms with Crippen LogP contribution >= 0.6 is 11.8 Å². The molecule has 0 saturated carbocycles. The fourth-order valence-corrected chi connectivity index (χ4v) is 3.80. The van der Waals surface area contributed by atoms with Crippen LogP contribution < -0.4 is 10.1 Å². The number of ether oxygens (including phenoxy) is 1. The van der Waals surface area contributed by atoms with E-state index in [0.29, 0.717) is 0 Å². The van der Waals surface area contributed by atoms with Gasteiger partial charge in [-0.15, -0.1) is 11.8 Å². The molecule has 122 valence electrons. The molecule has 1 aliphatic heterocycles. The number of fused-ring (bicyclic) bond motifs is 2. The highest BCUT2D eigenvalue weighted by Crippen LogP contribution is 2.35. The van der Waals surface area contributed by atoms with Crippen molar-refractivity contribution in [2.45, 2.75) is 24.0 Å². The van der Waals surface area contributed by atoms with E-state index in [1.54, 1.807) is 0 Å². The maximum atomic E-state index is 6.05. The normalized spacial score (nSPS) is 16.6. The number of rotatable bonds is 5. The molecule has 0 amide bonds. The second-order valence-corrected chi connectivity index (χ2v) is 6.87. The molecule has 24 heavy (non-hydrogen) atoms. The van der Waals surface area contributed by atoms with Gasteiger partial charge < -0.3 is 10.1 Å². The molecule has 0 radical (unpaired) electrons. The van der Waals surface area contributed by atoms with E-state index in [0.717, 1.165) is 47.7 Å². The Morgan fingerprint density at radius 3 is 2.88 bits per heavy atom. The molecular formula is C19H19N3OS. The van der Waals surface area contributed by atoms with Crippen molar-refractivity contribution in [2.75, 3.05) is 12.3 Å². The molecule has 4 rings (SSSR count). The molecule has 4 nitrogen and oxygen atoms in total. The zero-order chi connectivity index (χ0) is 16.2. The standard InChI is InChI=1S/C19H19N3OS/c1-2-6-17-16(5-1)21-12-14(22-17)11-20-10-9-15-13-24-19-8-4-3-7-18(19)23-15/h1-8,12,15,20H,9-11,13H2. The second-order valence-electron chi connectivity index (χ2n) is 5.81. The number of hydrogen-bond donors (Lipinski definition) is 1. The van der Waals surface area contributed by atoms with E-state index in [2.05, 4.69) is 27.4 Å². The molecule has 2 aromatic carbocycles. The molecule has 0 bridgehead atoms. The molecular weight excluding hydrogens is 318 g/mol. The van der Waals surface area contributed by atoms with E-state index in [1.165, 1.54) is 4.90 Å². The van der Waals surface area contributed by atoms with Crippen molar-refractivity contribution >= 4 is 22.8 Å². The Morgan fingerprint density at radius 1 is 1.08 bits per heavy atom. The van der Waals surface area contributed by atoms with Gasteiger partial charge in [-0.3, -0.25) is 4.98 Å². The summed E-state index contributed by atoms with van der Waals surface area (Å²) in [5, 5.41) is 3.45. The average molecular weight is 337 g/mol. The molecule has 1 aromatic heterocycles. The van der Waals surface area contributed by atoms with Gasteiger partial charge in [0.2, 0.25) is 0 Å². The molecule has 1 aliphatic rings. The van der Waals surface area contributed by atoms with Crippen LogP contribution in [-0.2, 0) is 6.54 Å². The first-order valence-electron chi connectivity index (χ1n) is 8.18. The van der Waals surface area contributed by atoms with Crippen molar-refractivity contribution in [3.05, 3.63) is 60.4 Å². The van der Waals surface area contributed by atoms with Gasteiger partial charge in [0.15, 0.2) is 0 Å². The van der Waals surface area contributed by atoms with Gasteiger partial charge in [-0.25, -0.2) is 4.98 Å². The first kappa shape index (κ1) is 15.4. The van der Waals surface area contributed by atoms with Crippen molar-refractivity contribution in [3.8, 4) is 5.75 Å². The fraction of sp³-hybridized carbons (Fsp3) is 0.263. The Hall–Kier alpha value is -2.11. The highest BCUT2D eigenvalue weighted by molar-refractivity contribution is 7.99. The van der Waals surface area contributed by atoms with E-state index in [9.17, 15) is 0 Å². The van der Waals surface area contributed by atoms with Crippen molar-refractivity contribution in [1.82, 2.24) is 15.3 Å². The van der Waals surface area contributed by atoms with Crippen LogP contribution in [0.25, 0.3) is 11.0 Å². The molecule has 0 aliphatic carbocycles. The lowest BCUT2D eigenvalue weighted by atomic mass is 10.2. The Bertz CT molecular complexity index is 839. The topological polar surface area (TPSA) is 47.0 Å². The van der Waals surface area contributed by atoms with Crippen LogP contribution in [-0.4, -0.2) is 28.4 Å². The predicted octanol–water partition coefficient (Wildman–Crippen LogP) is 3.66. The zero-order valence-electron chi connectivity index (χ0n) is 13.3. The summed E-state index contributed by atoms with van der Waals surface area (Å²) in [5.41, 5.74) is 2.85. The number of nitrogens with zero attached hydrogens (tertiary/aromatic N) is 2. The molecule has 0 fully saturated rings. The lowest BCUT2D eigenvalue weighted by molar-refractivity contribution is 0.204. The van der Waals surface area contributed by atoms with Gasteiger partial charge in [-0.2, -0.15) is 0 Å². The summed E-state index contributed by atoms with van der Waals surface area (Å²) in [4.78, 5) is 10.3. The molecule has 1 N–H and O–H groups in total. The summed E-state index contributed by atoms with van der Waals surface area (Å²) in [6.07, 6.45) is 3.10. The molecule has 1 atom stereocenters. The quantitative estimate of drug-likeness (QED) is 0.720. The number of nitrogens with one attached hydrogen (secondary N) is 1. The minimum Gasteiger partial charge on any atom is -0.488 e. The van der Waals surface area contributed by atoms with Crippen LogP contribution in [0.3, 0.4) is 0 Å². The maximum absolute atomic E-state index is 6.05. The minimum absolute atomic E-state index is 0.264. The average Bonchev–Trinajstić information content (AvgIpc) is 2.65. The van der Waals surface area contributed by atoms with E-state index < -0.39 is 0 Å². The Kier molecular flexibility index (Phi) is 4.62.